The fourth-order valence-corrected chi connectivity index (χ4v) is 9.02. The van der Waals surface area contributed by atoms with E-state index in [2.05, 4.69) is 121 Å². The molecule has 56 heavy (non-hydrogen) atoms. The summed E-state index contributed by atoms with van der Waals surface area (Å²) in [6, 6.07) is 41.0. The van der Waals surface area contributed by atoms with Gasteiger partial charge in [-0.15, -0.1) is 9.15 Å². The van der Waals surface area contributed by atoms with E-state index in [9.17, 15) is 4.79 Å². The Morgan fingerprint density at radius 2 is 1.07 bits per heavy atom. The molecule has 0 amide bonds. The predicted molar refractivity (Wildman–Crippen MR) is 211 cm³/mol. The second-order valence-corrected chi connectivity index (χ2v) is 13.9. The Hall–Kier alpha value is -6.01. The number of carboxylic acids is 1. The van der Waals surface area contributed by atoms with Crippen molar-refractivity contribution in [3.05, 3.63) is 173 Å². The van der Waals surface area contributed by atoms with Gasteiger partial charge in [-0.05, 0) is 66.7 Å². The molecule has 11 nitrogen and oxygen atoms in total. The summed E-state index contributed by atoms with van der Waals surface area (Å²) in [4.78, 5) is 32.4. The summed E-state index contributed by atoms with van der Waals surface area (Å²) in [6.45, 7) is 3.44. The van der Waals surface area contributed by atoms with Crippen LogP contribution in [-0.2, 0) is 45.2 Å². The molecule has 0 fully saturated rings. The van der Waals surface area contributed by atoms with Gasteiger partial charge in [0.25, 0.3) is 23.3 Å². The Morgan fingerprint density at radius 1 is 0.625 bits per heavy atom. The molecule has 0 saturated carbocycles. The number of rotatable bonds is 4. The van der Waals surface area contributed by atoms with E-state index >= 15 is 0 Å². The van der Waals surface area contributed by atoms with Crippen molar-refractivity contribution in [3.63, 3.8) is 0 Å². The number of carboxylic acid groups (broad SMARTS) is 1. The molecule has 0 atom stereocenters. The summed E-state index contributed by atoms with van der Waals surface area (Å²) in [5, 5.41) is 16.3. The van der Waals surface area contributed by atoms with Gasteiger partial charge >= 0.3 is 11.9 Å². The zero-order chi connectivity index (χ0) is 35.9. The Kier molecular flexibility index (Phi) is 7.54. The number of hydrogen-bond acceptors (Lipinski definition) is 6. The van der Waals surface area contributed by atoms with Crippen molar-refractivity contribution in [1.29, 1.82) is 0 Å². The molecule has 0 saturated heterocycles. The quantitative estimate of drug-likeness (QED) is 0.177. The molecule has 1 radical (unpaired) electrons. The number of hydrogen-bond donors (Lipinski definition) is 2. The summed E-state index contributed by atoms with van der Waals surface area (Å²) in [6.07, 6.45) is 0. The van der Waals surface area contributed by atoms with E-state index < -0.39 is 11.9 Å². The average molecular weight is 808 g/mol. The standard InChI is InChI=1S/C33H16N8.C10H13NO2.CH3.Y/c1-2-10-18-17(9-1)25-34-27-19-11-3-4-12-20(19)29-36-31-23-15-7-8-16-24(23)32-37-30-22-14-6-5-13-21(22)28-35-26(18)38(25)33(39(27)29,40(28)30)41(31)32;1-2-11-7-8-5-3-4-6-9(8)10(12)13;;/h1-16H;3-6,11H,2,7H2,1H3,(H,12,13);1H3;/q+2;;-1;. The second-order valence-electron chi connectivity index (χ2n) is 13.9. The minimum atomic E-state index is -0.923. The predicted octanol–water partition coefficient (Wildman–Crippen LogP) is 5.65. The van der Waals surface area contributed by atoms with E-state index in [-0.39, 0.29) is 40.1 Å². The minimum Gasteiger partial charge on any atom is -0.478 e. The number of aromatic carboxylic acids is 1. The number of aromatic nitrogens is 2. The van der Waals surface area contributed by atoms with Crippen LogP contribution in [0.1, 0.15) is 45.1 Å². The fraction of sp³-hybridized carbons (Fsp3) is 0.0909. The zero-order valence-electron chi connectivity index (χ0n) is 30.5. The van der Waals surface area contributed by atoms with Gasteiger partial charge < -0.3 is 17.8 Å². The Balaban J connectivity index is 0.000000223. The van der Waals surface area contributed by atoms with Gasteiger partial charge in [-0.25, -0.2) is 4.79 Å². The van der Waals surface area contributed by atoms with Crippen LogP contribution < -0.4 is 16.3 Å². The molecular formula is C44H32N9O2Y+. The number of benzene rings is 5. The van der Waals surface area contributed by atoms with Crippen molar-refractivity contribution in [2.24, 2.45) is 20.0 Å². The zero-order valence-corrected chi connectivity index (χ0v) is 33.3. The molecule has 6 aliphatic rings. The second kappa shape index (κ2) is 12.2. The molecular weight excluding hydrogens is 775 g/mol. The SMILES string of the molecule is CCNCc1ccccc1C(=O)O.[CH3-].[Y].c1ccc2c(c1)C1=Nc3c4ccccc4c4n3C35n6c(c7ccccc7c6=NC6=[N+]3C(=N4)c3ccccc36)=NC2=[N+]15. The van der Waals surface area contributed by atoms with Gasteiger partial charge in [-0.1, -0.05) is 93.6 Å². The third-order valence-corrected chi connectivity index (χ3v) is 11.2. The summed E-state index contributed by atoms with van der Waals surface area (Å²) < 4.78 is 9.32. The van der Waals surface area contributed by atoms with Crippen LogP contribution in [0.2, 0.25) is 0 Å². The van der Waals surface area contributed by atoms with E-state index in [1.807, 2.05) is 19.1 Å². The van der Waals surface area contributed by atoms with E-state index in [1.165, 1.54) is 0 Å². The maximum atomic E-state index is 10.8. The molecule has 6 aliphatic heterocycles. The van der Waals surface area contributed by atoms with E-state index in [1.54, 1.807) is 12.1 Å². The summed E-state index contributed by atoms with van der Waals surface area (Å²) in [7, 11) is 0. The van der Waals surface area contributed by atoms with Crippen LogP contribution in [0.5, 0.6) is 0 Å². The van der Waals surface area contributed by atoms with Crippen LogP contribution in [-0.4, -0.2) is 59.2 Å². The third-order valence-electron chi connectivity index (χ3n) is 11.2. The number of carbonyl (C=O) groups is 1. The smallest absolute Gasteiger partial charge is 0.404 e. The molecule has 2 N–H and O–H groups in total. The van der Waals surface area contributed by atoms with Crippen LogP contribution in [0, 0.1) is 7.43 Å². The number of nitrogens with one attached hydrogen (secondary N) is 1. The first-order valence-corrected chi connectivity index (χ1v) is 18.1. The molecule has 12 heteroatoms. The van der Waals surface area contributed by atoms with Gasteiger partial charge in [0.05, 0.1) is 27.8 Å². The first kappa shape index (κ1) is 34.5. The van der Waals surface area contributed by atoms with E-state index in [4.69, 9.17) is 25.1 Å². The molecule has 0 unspecified atom stereocenters. The van der Waals surface area contributed by atoms with Crippen LogP contribution in [0.3, 0.4) is 0 Å². The molecule has 0 bridgehead atoms. The number of amidine groups is 4. The first-order chi connectivity index (χ1) is 26.6. The van der Waals surface area contributed by atoms with Crippen molar-refractivity contribution in [2.45, 2.75) is 19.4 Å². The molecule has 13 rings (SSSR count). The molecule has 0 aliphatic carbocycles. The molecule has 267 valence electrons. The normalized spacial score (nSPS) is 15.8. The number of aliphatic imine (C=N–C) groups is 2. The maximum absolute atomic E-state index is 10.8. The Morgan fingerprint density at radius 3 is 1.57 bits per heavy atom. The van der Waals surface area contributed by atoms with Gasteiger partial charge in [0.15, 0.2) is 0 Å². The monoisotopic (exact) mass is 807 g/mol. The topological polar surface area (TPSA) is 115 Å². The molecule has 2 aromatic heterocycles. The minimum absolute atomic E-state index is 0. The first-order valence-electron chi connectivity index (χ1n) is 18.1. The fourth-order valence-electron chi connectivity index (χ4n) is 9.02. The van der Waals surface area contributed by atoms with E-state index in [0.717, 1.165) is 102 Å². The van der Waals surface area contributed by atoms with Crippen LogP contribution in [0.4, 0.5) is 11.6 Å². The number of fused-ring (bicyclic) bond motifs is 12. The maximum Gasteiger partial charge on any atom is 0.404 e. The van der Waals surface area contributed by atoms with Crippen molar-refractivity contribution < 1.29 is 51.8 Å². The van der Waals surface area contributed by atoms with Crippen molar-refractivity contribution in [1.82, 2.24) is 14.5 Å². The van der Waals surface area contributed by atoms with Crippen LogP contribution >= 0.6 is 0 Å². The van der Waals surface area contributed by atoms with Crippen molar-refractivity contribution in [3.8, 4) is 0 Å². The van der Waals surface area contributed by atoms with Gasteiger partial charge in [0, 0.05) is 60.8 Å². The summed E-state index contributed by atoms with van der Waals surface area (Å²) in [5.74, 6) is 3.60. The average Bonchev–Trinajstić information content (AvgIpc) is 3.93. The molecule has 8 heterocycles. The largest absolute Gasteiger partial charge is 0.478 e. The van der Waals surface area contributed by atoms with Gasteiger partial charge in [0.2, 0.25) is 22.6 Å². The number of nitrogens with zero attached hydrogens (tertiary/aromatic N) is 8. The van der Waals surface area contributed by atoms with Crippen LogP contribution in [0.15, 0.2) is 141 Å². The molecule has 5 aromatic carbocycles. The van der Waals surface area contributed by atoms with E-state index in [0.29, 0.717) is 12.1 Å². The molecule has 1 spiro atoms. The third kappa shape index (κ3) is 4.09. The molecule has 7 aromatic rings. The Bertz CT molecular complexity index is 3030. The Labute approximate surface area is 345 Å². The van der Waals surface area contributed by atoms with Gasteiger partial charge in [0.1, 0.15) is 0 Å². The summed E-state index contributed by atoms with van der Waals surface area (Å²) >= 11 is 0. The van der Waals surface area contributed by atoms with Gasteiger partial charge in [-0.2, -0.15) is 9.13 Å². The van der Waals surface area contributed by atoms with Crippen molar-refractivity contribution >= 4 is 62.5 Å². The summed E-state index contributed by atoms with van der Waals surface area (Å²) in [5.41, 5.74) is 7.34. The van der Waals surface area contributed by atoms with Crippen molar-refractivity contribution in [2.75, 3.05) is 6.54 Å². The van der Waals surface area contributed by atoms with Gasteiger partial charge in [-0.3, -0.25) is 0 Å². The van der Waals surface area contributed by atoms with Crippen LogP contribution in [0.25, 0.3) is 21.5 Å².